The molecule has 0 unspecified atom stereocenters. The van der Waals surface area contributed by atoms with Crippen molar-refractivity contribution in [3.63, 3.8) is 0 Å². The van der Waals surface area contributed by atoms with E-state index in [4.69, 9.17) is 17.3 Å². The van der Waals surface area contributed by atoms with Crippen LogP contribution in [0.15, 0.2) is 18.2 Å². The quantitative estimate of drug-likeness (QED) is 0.475. The summed E-state index contributed by atoms with van der Waals surface area (Å²) in [4.78, 5) is 9.65. The molecule has 0 amide bonds. The molecule has 6 heteroatoms. The predicted molar refractivity (Wildman–Crippen MR) is 52.8 cm³/mol. The number of halogens is 2. The number of nitrogen functional groups attached to an aromatic ring is 1. The molecule has 1 aromatic rings. The Labute approximate surface area is 84.2 Å². The molecule has 1 rings (SSSR count). The molecule has 0 heterocycles. The number of nitro groups is 1. The van der Waals surface area contributed by atoms with Gasteiger partial charge in [0.25, 0.3) is 5.69 Å². The Morgan fingerprint density at radius 1 is 1.50 bits per heavy atom. The second-order valence-electron chi connectivity index (χ2n) is 1.96. The third-order valence-corrected chi connectivity index (χ3v) is 1.52. The van der Waals surface area contributed by atoms with Gasteiger partial charge in [0.05, 0.1) is 15.6 Å². The van der Waals surface area contributed by atoms with E-state index in [1.807, 2.05) is 0 Å². The van der Waals surface area contributed by atoms with E-state index in [-0.39, 0.29) is 27.7 Å². The van der Waals surface area contributed by atoms with Crippen molar-refractivity contribution in [3.8, 4) is 0 Å². The molecule has 2 N–H and O–H groups in total. The Morgan fingerprint density at radius 3 is 2.50 bits per heavy atom. The number of nitrogens with zero attached hydrogens (tertiary/aromatic N) is 1. The van der Waals surface area contributed by atoms with Crippen LogP contribution in [0, 0.1) is 10.1 Å². The number of non-ortho nitro benzene ring substituents is 1. The highest BCUT2D eigenvalue weighted by Crippen LogP contribution is 2.23. The molecule has 0 aliphatic rings. The molecule has 0 saturated carbocycles. The number of hydrogen-bond donors (Lipinski definition) is 1. The van der Waals surface area contributed by atoms with Crippen molar-refractivity contribution in [3.05, 3.63) is 33.3 Å². The molecule has 0 aliphatic heterocycles. The van der Waals surface area contributed by atoms with Crippen LogP contribution in [0.3, 0.4) is 0 Å². The first-order valence-corrected chi connectivity index (χ1v) is 3.18. The highest BCUT2D eigenvalue weighted by molar-refractivity contribution is 8.93. The molecule has 66 valence electrons. The second-order valence-corrected chi connectivity index (χ2v) is 2.37. The van der Waals surface area contributed by atoms with Crippen molar-refractivity contribution in [2.45, 2.75) is 0 Å². The number of benzene rings is 1. The molecule has 0 aromatic heterocycles. The third kappa shape index (κ3) is 2.35. The maximum atomic E-state index is 10.2. The van der Waals surface area contributed by atoms with Gasteiger partial charge < -0.3 is 5.73 Å². The average Bonchev–Trinajstić information content (AvgIpc) is 1.94. The Bertz CT molecular complexity index is 306. The first-order valence-electron chi connectivity index (χ1n) is 2.80. The molecule has 0 aliphatic carbocycles. The van der Waals surface area contributed by atoms with E-state index >= 15 is 0 Å². The number of anilines is 1. The summed E-state index contributed by atoms with van der Waals surface area (Å²) in [6.45, 7) is 0. The molecule has 12 heavy (non-hydrogen) atoms. The average molecular weight is 253 g/mol. The lowest BCUT2D eigenvalue weighted by Gasteiger charge is -1.95. The van der Waals surface area contributed by atoms with Crippen molar-refractivity contribution < 1.29 is 4.92 Å². The predicted octanol–water partition coefficient (Wildman–Crippen LogP) is 2.41. The maximum absolute atomic E-state index is 10.2. The van der Waals surface area contributed by atoms with E-state index in [1.54, 1.807) is 0 Å². The molecule has 1 aromatic carbocycles. The van der Waals surface area contributed by atoms with Crippen LogP contribution in [-0.2, 0) is 0 Å². The van der Waals surface area contributed by atoms with Crippen LogP contribution >= 0.6 is 28.6 Å². The third-order valence-electron chi connectivity index (χ3n) is 1.19. The fourth-order valence-electron chi connectivity index (χ4n) is 0.630. The van der Waals surface area contributed by atoms with Gasteiger partial charge in [0, 0.05) is 12.1 Å². The van der Waals surface area contributed by atoms with Crippen molar-refractivity contribution in [1.29, 1.82) is 0 Å². The van der Waals surface area contributed by atoms with Crippen molar-refractivity contribution in [2.75, 3.05) is 5.73 Å². The minimum absolute atomic E-state index is 0. The van der Waals surface area contributed by atoms with Crippen molar-refractivity contribution in [1.82, 2.24) is 0 Å². The van der Waals surface area contributed by atoms with E-state index in [0.29, 0.717) is 5.69 Å². The Balaban J connectivity index is 0.00000121. The summed E-state index contributed by atoms with van der Waals surface area (Å²) in [7, 11) is 0. The second kappa shape index (κ2) is 4.27. The summed E-state index contributed by atoms with van der Waals surface area (Å²) >= 11 is 5.53. The van der Waals surface area contributed by atoms with Crippen LogP contribution in [0.1, 0.15) is 0 Å². The SMILES string of the molecule is Br.Nc1ccc([N+](=O)[O-])cc1Cl. The minimum Gasteiger partial charge on any atom is -0.398 e. The molecule has 0 fully saturated rings. The zero-order valence-electron chi connectivity index (χ0n) is 5.86. The van der Waals surface area contributed by atoms with E-state index in [0.717, 1.165) is 0 Å². The zero-order valence-corrected chi connectivity index (χ0v) is 8.33. The maximum Gasteiger partial charge on any atom is 0.271 e. The first kappa shape index (κ1) is 11.2. The minimum atomic E-state index is -0.522. The van der Waals surface area contributed by atoms with Crippen LogP contribution in [0.5, 0.6) is 0 Å². The number of rotatable bonds is 1. The molecule has 4 nitrogen and oxygen atoms in total. The largest absolute Gasteiger partial charge is 0.398 e. The van der Waals surface area contributed by atoms with Gasteiger partial charge in [0.1, 0.15) is 0 Å². The van der Waals surface area contributed by atoms with E-state index in [2.05, 4.69) is 0 Å². The lowest BCUT2D eigenvalue weighted by molar-refractivity contribution is -0.384. The van der Waals surface area contributed by atoms with Gasteiger partial charge in [0.2, 0.25) is 0 Å². The van der Waals surface area contributed by atoms with Gasteiger partial charge in [-0.05, 0) is 6.07 Å². The summed E-state index contributed by atoms with van der Waals surface area (Å²) in [6, 6.07) is 3.93. The smallest absolute Gasteiger partial charge is 0.271 e. The standard InChI is InChI=1S/C6H5ClN2O2.BrH/c7-5-3-4(9(10)11)1-2-6(5)8;/h1-3H,8H2;1H. The highest BCUT2D eigenvalue weighted by atomic mass is 79.9. The lowest BCUT2D eigenvalue weighted by atomic mass is 10.3. The molecule has 0 saturated heterocycles. The highest BCUT2D eigenvalue weighted by Gasteiger charge is 2.06. The lowest BCUT2D eigenvalue weighted by Crippen LogP contribution is -1.90. The summed E-state index contributed by atoms with van der Waals surface area (Å²) in [5.41, 5.74) is 5.63. The molecule has 0 radical (unpaired) electrons. The van der Waals surface area contributed by atoms with Crippen LogP contribution in [0.2, 0.25) is 5.02 Å². The van der Waals surface area contributed by atoms with Crippen LogP contribution in [0.25, 0.3) is 0 Å². The van der Waals surface area contributed by atoms with Crippen LogP contribution in [0.4, 0.5) is 11.4 Å². The Morgan fingerprint density at radius 2 is 2.08 bits per heavy atom. The topological polar surface area (TPSA) is 69.2 Å². The fraction of sp³-hybridized carbons (Fsp3) is 0. The number of nitro benzene ring substituents is 1. The molecular weight excluding hydrogens is 247 g/mol. The Kier molecular flexibility index (Phi) is 3.99. The molecule has 0 atom stereocenters. The monoisotopic (exact) mass is 252 g/mol. The normalized spacial score (nSPS) is 8.75. The van der Waals surface area contributed by atoms with Gasteiger partial charge in [-0.25, -0.2) is 0 Å². The number of hydrogen-bond acceptors (Lipinski definition) is 3. The van der Waals surface area contributed by atoms with Gasteiger partial charge >= 0.3 is 0 Å². The number of nitrogens with two attached hydrogens (primary N) is 1. The van der Waals surface area contributed by atoms with Crippen LogP contribution in [-0.4, -0.2) is 4.92 Å². The molecular formula is C6H6BrClN2O2. The summed E-state index contributed by atoms with van der Waals surface area (Å²) in [5.74, 6) is 0. The summed E-state index contributed by atoms with van der Waals surface area (Å²) < 4.78 is 0. The summed E-state index contributed by atoms with van der Waals surface area (Å²) in [6.07, 6.45) is 0. The van der Waals surface area contributed by atoms with Gasteiger partial charge in [-0.3, -0.25) is 10.1 Å². The van der Waals surface area contributed by atoms with Gasteiger partial charge in [0.15, 0.2) is 0 Å². The van der Waals surface area contributed by atoms with Gasteiger partial charge in [-0.2, -0.15) is 0 Å². The zero-order chi connectivity index (χ0) is 8.43. The van der Waals surface area contributed by atoms with E-state index < -0.39 is 4.92 Å². The van der Waals surface area contributed by atoms with Crippen molar-refractivity contribution in [2.24, 2.45) is 0 Å². The van der Waals surface area contributed by atoms with Gasteiger partial charge in [-0.1, -0.05) is 11.6 Å². The molecule has 0 spiro atoms. The molecule has 0 bridgehead atoms. The summed E-state index contributed by atoms with van der Waals surface area (Å²) in [5, 5.41) is 10.4. The van der Waals surface area contributed by atoms with E-state index in [9.17, 15) is 10.1 Å². The Hall–Kier alpha value is -0.810. The fourth-order valence-corrected chi connectivity index (χ4v) is 0.804. The first-order chi connectivity index (χ1) is 5.11. The van der Waals surface area contributed by atoms with E-state index in [1.165, 1.54) is 18.2 Å². The van der Waals surface area contributed by atoms with Crippen LogP contribution < -0.4 is 5.73 Å². The van der Waals surface area contributed by atoms with Gasteiger partial charge in [-0.15, -0.1) is 17.0 Å². The van der Waals surface area contributed by atoms with Crippen molar-refractivity contribution >= 4 is 40.0 Å².